The Kier molecular flexibility index (Phi) is 6.26. The molecular weight excluding hydrogens is 376 g/mol. The van der Waals surface area contributed by atoms with Crippen molar-refractivity contribution in [3.05, 3.63) is 28.8 Å². The molecule has 0 radical (unpaired) electrons. The van der Waals surface area contributed by atoms with Crippen molar-refractivity contribution in [2.45, 2.75) is 95.3 Å². The van der Waals surface area contributed by atoms with Crippen LogP contribution in [0.2, 0.25) is 0 Å². The monoisotopic (exact) mass is 410 g/mol. The van der Waals surface area contributed by atoms with Crippen LogP contribution >= 0.6 is 0 Å². The van der Waals surface area contributed by atoms with E-state index in [0.717, 1.165) is 11.1 Å². The molecule has 1 saturated heterocycles. The van der Waals surface area contributed by atoms with E-state index in [0.29, 0.717) is 43.3 Å². The molecule has 1 atom stereocenters. The van der Waals surface area contributed by atoms with Gasteiger partial charge in [0.05, 0.1) is 19.3 Å². The van der Waals surface area contributed by atoms with Gasteiger partial charge in [-0.25, -0.2) is 0 Å². The van der Waals surface area contributed by atoms with Crippen LogP contribution in [0.4, 0.5) is 0 Å². The van der Waals surface area contributed by atoms with Gasteiger partial charge in [0, 0.05) is 12.8 Å². The van der Waals surface area contributed by atoms with Gasteiger partial charge in [-0.3, -0.25) is 4.18 Å². The highest BCUT2D eigenvalue weighted by Crippen LogP contribution is 2.41. The fourth-order valence-electron chi connectivity index (χ4n) is 4.18. The summed E-state index contributed by atoms with van der Waals surface area (Å²) in [6, 6.07) is 4.08. The zero-order valence-corrected chi connectivity index (χ0v) is 18.8. The molecule has 3 rings (SSSR count). The smallest absolute Gasteiger partial charge is 0.297 e. The van der Waals surface area contributed by atoms with Crippen LogP contribution in [0, 0.1) is 0 Å². The van der Waals surface area contributed by atoms with Gasteiger partial charge in [-0.1, -0.05) is 53.7 Å². The lowest BCUT2D eigenvalue weighted by atomic mass is 9.89. The van der Waals surface area contributed by atoms with E-state index in [1.165, 1.54) is 5.56 Å². The first-order chi connectivity index (χ1) is 13.0. The summed E-state index contributed by atoms with van der Waals surface area (Å²) in [4.78, 5) is 0.358. The number of hydrogen-bond acceptors (Lipinski definition) is 5. The molecule has 1 aromatic carbocycles. The fraction of sp³-hybridized carbons (Fsp3) is 0.727. The Morgan fingerprint density at radius 2 is 1.50 bits per heavy atom. The van der Waals surface area contributed by atoms with E-state index in [-0.39, 0.29) is 11.8 Å². The Hall–Kier alpha value is -0.950. The molecule has 2 fully saturated rings. The van der Waals surface area contributed by atoms with Crippen molar-refractivity contribution in [1.29, 1.82) is 0 Å². The largest absolute Gasteiger partial charge is 0.347 e. The second-order valence-electron chi connectivity index (χ2n) is 9.02. The van der Waals surface area contributed by atoms with Crippen molar-refractivity contribution in [2.75, 3.05) is 13.2 Å². The first-order valence-corrected chi connectivity index (χ1v) is 11.8. The average Bonchev–Trinajstić information content (AvgIpc) is 3.22. The van der Waals surface area contributed by atoms with Gasteiger partial charge in [0.2, 0.25) is 0 Å². The van der Waals surface area contributed by atoms with Gasteiger partial charge in [-0.2, -0.15) is 8.42 Å². The van der Waals surface area contributed by atoms with Crippen LogP contribution in [0.15, 0.2) is 17.0 Å². The fourth-order valence-corrected chi connectivity index (χ4v) is 5.96. The second kappa shape index (κ2) is 8.05. The topological polar surface area (TPSA) is 61.8 Å². The Morgan fingerprint density at radius 1 is 0.964 bits per heavy atom. The molecule has 1 aromatic rings. The Morgan fingerprint density at radius 3 is 1.96 bits per heavy atom. The van der Waals surface area contributed by atoms with E-state index < -0.39 is 22.0 Å². The summed E-state index contributed by atoms with van der Waals surface area (Å²) in [7, 11) is -3.89. The second-order valence-corrected chi connectivity index (χ2v) is 10.5. The van der Waals surface area contributed by atoms with E-state index in [1.54, 1.807) is 0 Å². The van der Waals surface area contributed by atoms with Crippen molar-refractivity contribution in [3.8, 4) is 0 Å². The number of ether oxygens (including phenoxy) is 2. The van der Waals surface area contributed by atoms with Gasteiger partial charge in [0.25, 0.3) is 10.1 Å². The van der Waals surface area contributed by atoms with Crippen LogP contribution in [-0.4, -0.2) is 33.5 Å². The van der Waals surface area contributed by atoms with Crippen molar-refractivity contribution in [1.82, 2.24) is 0 Å². The Labute approximate surface area is 169 Å². The maximum absolute atomic E-state index is 13.4. The molecule has 28 heavy (non-hydrogen) atoms. The molecule has 1 unspecified atom stereocenters. The molecule has 1 saturated carbocycles. The standard InChI is InChI=1S/C22H34O5S/c1-14(2)17-11-19(15(3)4)21(20(12-17)16(5)6)28(23,24)27-18-7-8-22(13-18)25-9-10-26-22/h11-12,14-16,18H,7-10,13H2,1-6H3. The highest BCUT2D eigenvalue weighted by molar-refractivity contribution is 7.86. The summed E-state index contributed by atoms with van der Waals surface area (Å²) < 4.78 is 44.0. The molecule has 0 bridgehead atoms. The maximum Gasteiger partial charge on any atom is 0.297 e. The van der Waals surface area contributed by atoms with Crippen LogP contribution in [0.25, 0.3) is 0 Å². The van der Waals surface area contributed by atoms with E-state index in [9.17, 15) is 8.42 Å². The van der Waals surface area contributed by atoms with Gasteiger partial charge in [0.1, 0.15) is 4.90 Å². The summed E-state index contributed by atoms with van der Waals surface area (Å²) in [6.45, 7) is 13.5. The van der Waals surface area contributed by atoms with Crippen LogP contribution in [0.1, 0.15) is 95.2 Å². The summed E-state index contributed by atoms with van der Waals surface area (Å²) in [5.74, 6) is -0.148. The molecule has 1 aliphatic carbocycles. The Bertz CT molecular complexity index is 775. The van der Waals surface area contributed by atoms with E-state index in [1.807, 2.05) is 39.8 Å². The van der Waals surface area contributed by atoms with Crippen LogP contribution < -0.4 is 0 Å². The molecule has 0 amide bonds. The number of benzene rings is 1. The zero-order chi connectivity index (χ0) is 20.7. The molecule has 1 aliphatic heterocycles. The third-order valence-electron chi connectivity index (χ3n) is 5.79. The quantitative estimate of drug-likeness (QED) is 0.614. The minimum Gasteiger partial charge on any atom is -0.347 e. The first-order valence-electron chi connectivity index (χ1n) is 10.4. The SMILES string of the molecule is CC(C)c1cc(C(C)C)c(S(=O)(=O)OC2CCC3(C2)OCCO3)c(C(C)C)c1. The summed E-state index contributed by atoms with van der Waals surface area (Å²) >= 11 is 0. The van der Waals surface area contributed by atoms with Crippen molar-refractivity contribution < 1.29 is 22.1 Å². The van der Waals surface area contributed by atoms with E-state index in [4.69, 9.17) is 13.7 Å². The predicted octanol–water partition coefficient (Wildman–Crippen LogP) is 5.06. The minimum absolute atomic E-state index is 0.0843. The maximum atomic E-state index is 13.4. The van der Waals surface area contributed by atoms with Gasteiger partial charge in [-0.15, -0.1) is 0 Å². The van der Waals surface area contributed by atoms with Crippen molar-refractivity contribution in [3.63, 3.8) is 0 Å². The number of rotatable bonds is 6. The third kappa shape index (κ3) is 4.30. The van der Waals surface area contributed by atoms with Crippen LogP contribution in [-0.2, 0) is 23.8 Å². The molecule has 0 aromatic heterocycles. The van der Waals surface area contributed by atoms with Gasteiger partial charge in [0.15, 0.2) is 5.79 Å². The lowest BCUT2D eigenvalue weighted by molar-refractivity contribution is -0.154. The normalized spacial score (nSPS) is 22.2. The molecular formula is C22H34O5S. The lowest BCUT2D eigenvalue weighted by Gasteiger charge is -2.24. The molecule has 5 nitrogen and oxygen atoms in total. The minimum atomic E-state index is -3.89. The summed E-state index contributed by atoms with van der Waals surface area (Å²) in [5.41, 5.74) is 2.85. The highest BCUT2D eigenvalue weighted by Gasteiger charge is 2.46. The zero-order valence-electron chi connectivity index (χ0n) is 17.9. The highest BCUT2D eigenvalue weighted by atomic mass is 32.2. The van der Waals surface area contributed by atoms with Crippen LogP contribution in [0.3, 0.4) is 0 Å². The van der Waals surface area contributed by atoms with Crippen LogP contribution in [0.5, 0.6) is 0 Å². The average molecular weight is 411 g/mol. The summed E-state index contributed by atoms with van der Waals surface area (Å²) in [5, 5.41) is 0. The molecule has 2 aliphatic rings. The predicted molar refractivity (Wildman–Crippen MR) is 109 cm³/mol. The molecule has 158 valence electrons. The van der Waals surface area contributed by atoms with Gasteiger partial charge in [-0.05, 0) is 40.9 Å². The van der Waals surface area contributed by atoms with E-state index in [2.05, 4.69) is 13.8 Å². The van der Waals surface area contributed by atoms with Gasteiger partial charge < -0.3 is 9.47 Å². The van der Waals surface area contributed by atoms with E-state index >= 15 is 0 Å². The molecule has 0 N–H and O–H groups in total. The first kappa shape index (κ1) is 21.8. The van der Waals surface area contributed by atoms with Crippen molar-refractivity contribution >= 4 is 10.1 Å². The lowest BCUT2D eigenvalue weighted by Crippen LogP contribution is -2.28. The van der Waals surface area contributed by atoms with Gasteiger partial charge >= 0.3 is 0 Å². The Balaban J connectivity index is 1.98. The number of hydrogen-bond donors (Lipinski definition) is 0. The third-order valence-corrected chi connectivity index (χ3v) is 7.29. The molecule has 1 heterocycles. The summed E-state index contributed by atoms with van der Waals surface area (Å²) in [6.07, 6.45) is 1.35. The van der Waals surface area contributed by atoms with Crippen molar-refractivity contribution in [2.24, 2.45) is 0 Å². The molecule has 6 heteroatoms. The molecule has 1 spiro atoms.